The molecule has 1 aliphatic carbocycles. The lowest BCUT2D eigenvalue weighted by Gasteiger charge is -2.08. The second kappa shape index (κ2) is 5.40. The Morgan fingerprint density at radius 1 is 1.33 bits per heavy atom. The van der Waals surface area contributed by atoms with Crippen molar-refractivity contribution in [1.29, 1.82) is 0 Å². The molecule has 0 nitrogen and oxygen atoms in total. The molecule has 0 heteroatoms. The summed E-state index contributed by atoms with van der Waals surface area (Å²) in [7, 11) is 0. The first-order chi connectivity index (χ1) is 5.83. The maximum absolute atomic E-state index is 4.04. The van der Waals surface area contributed by atoms with Crippen LogP contribution in [0.4, 0.5) is 0 Å². The van der Waals surface area contributed by atoms with Gasteiger partial charge in [-0.1, -0.05) is 51.2 Å². The summed E-state index contributed by atoms with van der Waals surface area (Å²) in [5, 5.41) is 0. The zero-order chi connectivity index (χ0) is 8.81. The molecule has 1 fully saturated rings. The van der Waals surface area contributed by atoms with Gasteiger partial charge in [-0.25, -0.2) is 0 Å². The summed E-state index contributed by atoms with van der Waals surface area (Å²) >= 11 is 0. The SMILES string of the molecule is C=C(CC)CCCC1CCCC1. The number of hydrogen-bond acceptors (Lipinski definition) is 0. The van der Waals surface area contributed by atoms with E-state index >= 15 is 0 Å². The van der Waals surface area contributed by atoms with E-state index in [4.69, 9.17) is 0 Å². The minimum absolute atomic E-state index is 1.06. The minimum Gasteiger partial charge on any atom is -0.0999 e. The molecule has 1 rings (SSSR count). The van der Waals surface area contributed by atoms with Crippen LogP contribution in [-0.2, 0) is 0 Å². The van der Waals surface area contributed by atoms with Crippen LogP contribution in [0.5, 0.6) is 0 Å². The van der Waals surface area contributed by atoms with Crippen molar-refractivity contribution in [2.75, 3.05) is 0 Å². The van der Waals surface area contributed by atoms with Gasteiger partial charge >= 0.3 is 0 Å². The molecule has 0 atom stereocenters. The van der Waals surface area contributed by atoms with Crippen LogP contribution in [0.1, 0.15) is 58.3 Å². The molecule has 0 radical (unpaired) electrons. The molecule has 0 spiro atoms. The summed E-state index contributed by atoms with van der Waals surface area (Å²) < 4.78 is 0. The van der Waals surface area contributed by atoms with E-state index in [0.29, 0.717) is 0 Å². The number of allylic oxidation sites excluding steroid dienone is 1. The van der Waals surface area contributed by atoms with Crippen LogP contribution in [-0.4, -0.2) is 0 Å². The summed E-state index contributed by atoms with van der Waals surface area (Å²) in [4.78, 5) is 0. The molecule has 0 unspecified atom stereocenters. The van der Waals surface area contributed by atoms with Crippen LogP contribution < -0.4 is 0 Å². The van der Waals surface area contributed by atoms with Gasteiger partial charge in [0.25, 0.3) is 0 Å². The molecule has 0 aromatic rings. The van der Waals surface area contributed by atoms with Gasteiger partial charge in [-0.05, 0) is 25.2 Å². The molecular weight excluding hydrogens is 144 g/mol. The number of rotatable bonds is 5. The molecule has 70 valence electrons. The van der Waals surface area contributed by atoms with Gasteiger partial charge in [0.2, 0.25) is 0 Å². The predicted molar refractivity (Wildman–Crippen MR) is 55.2 cm³/mol. The maximum atomic E-state index is 4.04. The lowest BCUT2D eigenvalue weighted by atomic mass is 9.98. The average Bonchev–Trinajstić information content (AvgIpc) is 2.57. The van der Waals surface area contributed by atoms with Gasteiger partial charge < -0.3 is 0 Å². The van der Waals surface area contributed by atoms with Crippen LogP contribution in [0.2, 0.25) is 0 Å². The Labute approximate surface area is 77.1 Å². The Balaban J connectivity index is 1.97. The smallest absolute Gasteiger partial charge is 0.0323 e. The molecule has 0 amide bonds. The molecule has 0 aromatic heterocycles. The van der Waals surface area contributed by atoms with Crippen molar-refractivity contribution in [2.24, 2.45) is 5.92 Å². The van der Waals surface area contributed by atoms with Gasteiger partial charge in [-0.2, -0.15) is 0 Å². The normalized spacial score (nSPS) is 18.4. The molecule has 0 aliphatic heterocycles. The molecule has 0 N–H and O–H groups in total. The molecule has 0 heterocycles. The fourth-order valence-corrected chi connectivity index (χ4v) is 2.12. The van der Waals surface area contributed by atoms with Crippen LogP contribution >= 0.6 is 0 Å². The van der Waals surface area contributed by atoms with Gasteiger partial charge in [0, 0.05) is 0 Å². The Hall–Kier alpha value is -0.260. The first-order valence-corrected chi connectivity index (χ1v) is 5.49. The molecule has 12 heavy (non-hydrogen) atoms. The highest BCUT2D eigenvalue weighted by molar-refractivity contribution is 4.92. The summed E-state index contributed by atoms with van der Waals surface area (Å²) in [5.41, 5.74) is 1.44. The van der Waals surface area contributed by atoms with Crippen molar-refractivity contribution >= 4 is 0 Å². The van der Waals surface area contributed by atoms with Gasteiger partial charge in [0.1, 0.15) is 0 Å². The molecule has 1 aliphatic rings. The molecule has 0 bridgehead atoms. The quantitative estimate of drug-likeness (QED) is 0.534. The Kier molecular flexibility index (Phi) is 4.42. The lowest BCUT2D eigenvalue weighted by molar-refractivity contribution is 0.482. The van der Waals surface area contributed by atoms with E-state index in [1.807, 2.05) is 0 Å². The van der Waals surface area contributed by atoms with Crippen molar-refractivity contribution in [3.63, 3.8) is 0 Å². The second-order valence-electron chi connectivity index (χ2n) is 4.15. The van der Waals surface area contributed by atoms with Gasteiger partial charge in [0.05, 0.1) is 0 Å². The Bertz CT molecular complexity index is 129. The van der Waals surface area contributed by atoms with Crippen molar-refractivity contribution in [3.8, 4) is 0 Å². The highest BCUT2D eigenvalue weighted by Crippen LogP contribution is 2.29. The third kappa shape index (κ3) is 3.42. The van der Waals surface area contributed by atoms with E-state index in [2.05, 4.69) is 13.5 Å². The zero-order valence-electron chi connectivity index (χ0n) is 8.44. The molecular formula is C12H22. The Morgan fingerprint density at radius 3 is 2.58 bits per heavy atom. The fourth-order valence-electron chi connectivity index (χ4n) is 2.12. The van der Waals surface area contributed by atoms with Crippen molar-refractivity contribution in [1.82, 2.24) is 0 Å². The lowest BCUT2D eigenvalue weighted by Crippen LogP contribution is -1.93. The summed E-state index contributed by atoms with van der Waals surface area (Å²) in [6.07, 6.45) is 11.3. The van der Waals surface area contributed by atoms with Crippen molar-refractivity contribution in [2.45, 2.75) is 58.3 Å². The predicted octanol–water partition coefficient (Wildman–Crippen LogP) is 4.31. The van der Waals surface area contributed by atoms with Crippen molar-refractivity contribution < 1.29 is 0 Å². The standard InChI is InChI=1S/C12H22/c1-3-11(2)7-6-10-12-8-4-5-9-12/h12H,2-10H2,1H3. The molecule has 1 saturated carbocycles. The van der Waals surface area contributed by atoms with Gasteiger partial charge in [-0.3, -0.25) is 0 Å². The van der Waals surface area contributed by atoms with E-state index in [1.165, 1.54) is 56.9 Å². The van der Waals surface area contributed by atoms with E-state index in [9.17, 15) is 0 Å². The monoisotopic (exact) mass is 166 g/mol. The topological polar surface area (TPSA) is 0 Å². The highest BCUT2D eigenvalue weighted by Gasteiger charge is 2.13. The Morgan fingerprint density at radius 2 is 2.00 bits per heavy atom. The number of hydrogen-bond donors (Lipinski definition) is 0. The fraction of sp³-hybridized carbons (Fsp3) is 0.833. The van der Waals surface area contributed by atoms with E-state index in [1.54, 1.807) is 0 Å². The third-order valence-electron chi connectivity index (χ3n) is 3.12. The summed E-state index contributed by atoms with van der Waals surface area (Å²) in [6, 6.07) is 0. The largest absolute Gasteiger partial charge is 0.0999 e. The summed E-state index contributed by atoms with van der Waals surface area (Å²) in [6.45, 7) is 6.24. The molecule has 0 aromatic carbocycles. The van der Waals surface area contributed by atoms with Crippen LogP contribution in [0.3, 0.4) is 0 Å². The van der Waals surface area contributed by atoms with Crippen molar-refractivity contribution in [3.05, 3.63) is 12.2 Å². The van der Waals surface area contributed by atoms with Crippen LogP contribution in [0, 0.1) is 5.92 Å². The van der Waals surface area contributed by atoms with Crippen LogP contribution in [0.25, 0.3) is 0 Å². The highest BCUT2D eigenvalue weighted by atomic mass is 14.2. The summed E-state index contributed by atoms with van der Waals surface area (Å²) in [5.74, 6) is 1.06. The van der Waals surface area contributed by atoms with E-state index in [-0.39, 0.29) is 0 Å². The molecule has 0 saturated heterocycles. The first kappa shape index (κ1) is 9.83. The zero-order valence-corrected chi connectivity index (χ0v) is 8.44. The minimum atomic E-state index is 1.06. The second-order valence-corrected chi connectivity index (χ2v) is 4.15. The maximum Gasteiger partial charge on any atom is -0.0323 e. The van der Waals surface area contributed by atoms with E-state index < -0.39 is 0 Å². The van der Waals surface area contributed by atoms with E-state index in [0.717, 1.165) is 5.92 Å². The van der Waals surface area contributed by atoms with Crippen LogP contribution in [0.15, 0.2) is 12.2 Å². The first-order valence-electron chi connectivity index (χ1n) is 5.49. The third-order valence-corrected chi connectivity index (χ3v) is 3.12. The van der Waals surface area contributed by atoms with Gasteiger partial charge in [0.15, 0.2) is 0 Å². The average molecular weight is 166 g/mol. The van der Waals surface area contributed by atoms with Gasteiger partial charge in [-0.15, -0.1) is 0 Å².